The summed E-state index contributed by atoms with van der Waals surface area (Å²) in [5.41, 5.74) is 0.815. The number of halogens is 1. The zero-order valence-electron chi connectivity index (χ0n) is 14.5. The van der Waals surface area contributed by atoms with Crippen molar-refractivity contribution in [2.75, 3.05) is 25.0 Å². The number of hydrogen-bond donors (Lipinski definition) is 1. The van der Waals surface area contributed by atoms with Gasteiger partial charge in [-0.3, -0.25) is 0 Å². The molecule has 25 heavy (non-hydrogen) atoms. The highest BCUT2D eigenvalue weighted by atomic mass is 79.9. The molecule has 2 heterocycles. The number of hydrogen-bond acceptors (Lipinski definition) is 3. The van der Waals surface area contributed by atoms with E-state index in [0.29, 0.717) is 6.54 Å². The van der Waals surface area contributed by atoms with Gasteiger partial charge in [0.25, 0.3) is 0 Å². The second-order valence-corrected chi connectivity index (χ2v) is 8.17. The summed E-state index contributed by atoms with van der Waals surface area (Å²) in [5.74, 6) is 0. The summed E-state index contributed by atoms with van der Waals surface area (Å²) >= 11 is 5.22. The summed E-state index contributed by atoms with van der Waals surface area (Å²) in [6.45, 7) is 6.07. The number of piperidine rings is 1. The van der Waals surface area contributed by atoms with Gasteiger partial charge in [0.05, 0.1) is 12.2 Å². The molecule has 0 atom stereocenters. The van der Waals surface area contributed by atoms with Crippen LogP contribution in [-0.2, 0) is 6.54 Å². The predicted octanol–water partition coefficient (Wildman–Crippen LogP) is 5.03. The van der Waals surface area contributed by atoms with Crippen LogP contribution >= 0.6 is 27.3 Å². The number of carbonyl (C=O) groups excluding carboxylic acids is 1. The average Bonchev–Trinajstić information content (AvgIpc) is 3.15. The lowest BCUT2D eigenvalue weighted by Crippen LogP contribution is -2.48. The van der Waals surface area contributed by atoms with E-state index in [1.54, 1.807) is 11.3 Å². The molecule has 1 N–H and O–H groups in total. The minimum atomic E-state index is -0.0183. The molecule has 0 saturated carbocycles. The fourth-order valence-corrected chi connectivity index (χ4v) is 4.32. The van der Waals surface area contributed by atoms with Crippen molar-refractivity contribution < 1.29 is 4.79 Å². The van der Waals surface area contributed by atoms with Gasteiger partial charge in [0.2, 0.25) is 0 Å². The molecule has 1 fully saturated rings. The third-order valence-electron chi connectivity index (χ3n) is 4.73. The Morgan fingerprint density at radius 3 is 2.68 bits per heavy atom. The van der Waals surface area contributed by atoms with Crippen LogP contribution in [0.5, 0.6) is 0 Å². The third kappa shape index (κ3) is 4.84. The average molecular weight is 422 g/mol. The van der Waals surface area contributed by atoms with Crippen LogP contribution in [-0.4, -0.2) is 41.5 Å². The number of nitrogens with zero attached hydrogens (tertiary/aromatic N) is 2. The number of likely N-dealkylation sites (tertiary alicyclic amines) is 1. The number of nitrogens with one attached hydrogen (secondary N) is 1. The molecule has 2 amide bonds. The number of anilines is 1. The van der Waals surface area contributed by atoms with Crippen molar-refractivity contribution in [2.24, 2.45) is 0 Å². The molecular formula is C19H24BrN3OS. The molecule has 1 aromatic heterocycles. The van der Waals surface area contributed by atoms with Crippen molar-refractivity contribution in [3.05, 3.63) is 51.1 Å². The van der Waals surface area contributed by atoms with Gasteiger partial charge in [0.1, 0.15) is 0 Å². The molecule has 2 aromatic rings. The quantitative estimate of drug-likeness (QED) is 0.734. The van der Waals surface area contributed by atoms with Crippen LogP contribution in [0.1, 0.15) is 24.6 Å². The number of para-hydroxylation sites is 1. The smallest absolute Gasteiger partial charge is 0.316 e. The Morgan fingerprint density at radius 2 is 2.04 bits per heavy atom. The van der Waals surface area contributed by atoms with Gasteiger partial charge in [-0.05, 0) is 58.9 Å². The minimum Gasteiger partial charge on any atom is -0.316 e. The molecule has 0 spiro atoms. The molecule has 134 valence electrons. The molecule has 0 aliphatic carbocycles. The lowest BCUT2D eigenvalue weighted by Gasteiger charge is -2.38. The number of amides is 2. The Kier molecular flexibility index (Phi) is 6.51. The Hall–Kier alpha value is -1.37. The van der Waals surface area contributed by atoms with Gasteiger partial charge in [-0.1, -0.05) is 25.1 Å². The highest BCUT2D eigenvalue weighted by molar-refractivity contribution is 9.10. The van der Waals surface area contributed by atoms with Crippen molar-refractivity contribution in [1.29, 1.82) is 0 Å². The highest BCUT2D eigenvalue weighted by Gasteiger charge is 2.28. The number of carbonyl (C=O) groups is 1. The first kappa shape index (κ1) is 18.4. The Bertz CT molecular complexity index is 684. The van der Waals surface area contributed by atoms with E-state index in [0.717, 1.165) is 42.6 Å². The van der Waals surface area contributed by atoms with Gasteiger partial charge in [-0.2, -0.15) is 0 Å². The summed E-state index contributed by atoms with van der Waals surface area (Å²) < 4.78 is 0.903. The van der Waals surface area contributed by atoms with Crippen LogP contribution < -0.4 is 5.32 Å². The van der Waals surface area contributed by atoms with E-state index in [1.165, 1.54) is 4.88 Å². The summed E-state index contributed by atoms with van der Waals surface area (Å²) in [6.07, 6.45) is 2.06. The molecule has 1 saturated heterocycles. The van der Waals surface area contributed by atoms with Crippen molar-refractivity contribution in [1.82, 2.24) is 9.80 Å². The summed E-state index contributed by atoms with van der Waals surface area (Å²) in [7, 11) is 0. The van der Waals surface area contributed by atoms with E-state index in [2.05, 4.69) is 44.5 Å². The molecular weight excluding hydrogens is 398 g/mol. The van der Waals surface area contributed by atoms with Crippen LogP contribution in [0.15, 0.2) is 46.3 Å². The van der Waals surface area contributed by atoms with Gasteiger partial charge >= 0.3 is 6.03 Å². The predicted molar refractivity (Wildman–Crippen MR) is 108 cm³/mol. The van der Waals surface area contributed by atoms with Crippen LogP contribution in [0.4, 0.5) is 10.5 Å². The lowest BCUT2D eigenvalue weighted by molar-refractivity contribution is 0.127. The first-order chi connectivity index (χ1) is 12.2. The van der Waals surface area contributed by atoms with E-state index in [4.69, 9.17) is 0 Å². The Morgan fingerprint density at radius 1 is 1.28 bits per heavy atom. The first-order valence-corrected chi connectivity index (χ1v) is 10.4. The molecule has 1 aliphatic rings. The molecule has 4 nitrogen and oxygen atoms in total. The highest BCUT2D eigenvalue weighted by Crippen LogP contribution is 2.25. The topological polar surface area (TPSA) is 35.6 Å². The fraction of sp³-hybridized carbons (Fsp3) is 0.421. The molecule has 0 unspecified atom stereocenters. The second-order valence-electron chi connectivity index (χ2n) is 6.28. The van der Waals surface area contributed by atoms with Crippen LogP contribution in [0.25, 0.3) is 0 Å². The van der Waals surface area contributed by atoms with E-state index >= 15 is 0 Å². The number of rotatable bonds is 5. The summed E-state index contributed by atoms with van der Waals surface area (Å²) in [5, 5.41) is 5.14. The standard InChI is InChI=1S/C19H24BrN3OS/c1-2-22-11-9-15(10-12-22)23(14-16-6-5-13-25-16)19(24)21-18-8-4-3-7-17(18)20/h3-8,13,15H,2,9-12,14H2,1H3,(H,21,24). The minimum absolute atomic E-state index is 0.0183. The van der Waals surface area contributed by atoms with Gasteiger partial charge in [0.15, 0.2) is 0 Å². The summed E-state index contributed by atoms with van der Waals surface area (Å²) in [6, 6.07) is 12.2. The van der Waals surface area contributed by atoms with Gasteiger partial charge in [-0.25, -0.2) is 4.79 Å². The largest absolute Gasteiger partial charge is 0.322 e. The van der Waals surface area contributed by atoms with E-state index in [9.17, 15) is 4.79 Å². The van der Waals surface area contributed by atoms with Crippen molar-refractivity contribution in [3.8, 4) is 0 Å². The fourth-order valence-electron chi connectivity index (χ4n) is 3.23. The van der Waals surface area contributed by atoms with Crippen LogP contribution in [0.3, 0.4) is 0 Å². The van der Waals surface area contributed by atoms with E-state index < -0.39 is 0 Å². The van der Waals surface area contributed by atoms with Gasteiger partial charge < -0.3 is 15.1 Å². The van der Waals surface area contributed by atoms with Crippen molar-refractivity contribution in [2.45, 2.75) is 32.4 Å². The van der Waals surface area contributed by atoms with Crippen LogP contribution in [0.2, 0.25) is 0 Å². The zero-order valence-corrected chi connectivity index (χ0v) is 16.9. The first-order valence-electron chi connectivity index (χ1n) is 8.74. The normalized spacial score (nSPS) is 15.9. The number of urea groups is 1. The van der Waals surface area contributed by atoms with E-state index in [1.807, 2.05) is 35.2 Å². The van der Waals surface area contributed by atoms with Crippen molar-refractivity contribution >= 4 is 39.0 Å². The monoisotopic (exact) mass is 421 g/mol. The molecule has 6 heteroatoms. The molecule has 3 rings (SSSR count). The lowest BCUT2D eigenvalue weighted by atomic mass is 10.0. The zero-order chi connectivity index (χ0) is 17.6. The maximum absolute atomic E-state index is 13.0. The third-order valence-corrected chi connectivity index (χ3v) is 6.28. The van der Waals surface area contributed by atoms with E-state index in [-0.39, 0.29) is 12.1 Å². The van der Waals surface area contributed by atoms with Crippen molar-refractivity contribution in [3.63, 3.8) is 0 Å². The molecule has 1 aromatic carbocycles. The number of thiophene rings is 1. The number of benzene rings is 1. The maximum atomic E-state index is 13.0. The molecule has 1 aliphatic heterocycles. The van der Waals surface area contributed by atoms with Gasteiger partial charge in [-0.15, -0.1) is 11.3 Å². The maximum Gasteiger partial charge on any atom is 0.322 e. The Labute approximate surface area is 162 Å². The molecule has 0 bridgehead atoms. The second kappa shape index (κ2) is 8.83. The Balaban J connectivity index is 1.73. The van der Waals surface area contributed by atoms with Crippen LogP contribution in [0, 0.1) is 0 Å². The van der Waals surface area contributed by atoms with Gasteiger partial charge in [0, 0.05) is 28.5 Å². The molecule has 0 radical (unpaired) electrons. The SMILES string of the molecule is CCN1CCC(N(Cc2cccs2)C(=O)Nc2ccccc2Br)CC1. The summed E-state index contributed by atoms with van der Waals surface area (Å²) in [4.78, 5) is 18.7.